The van der Waals surface area contributed by atoms with E-state index >= 15 is 0 Å². The van der Waals surface area contributed by atoms with Gasteiger partial charge in [0.2, 0.25) is 5.91 Å². The van der Waals surface area contributed by atoms with Crippen molar-refractivity contribution in [1.82, 2.24) is 0 Å². The molecule has 0 heterocycles. The highest BCUT2D eigenvalue weighted by atomic mass is 79.9. The third-order valence-corrected chi connectivity index (χ3v) is 3.89. The summed E-state index contributed by atoms with van der Waals surface area (Å²) in [6.45, 7) is 2.33. The van der Waals surface area contributed by atoms with Crippen LogP contribution in [0.15, 0.2) is 53.0 Å². The number of anilines is 1. The summed E-state index contributed by atoms with van der Waals surface area (Å²) < 4.78 is 16.7. The van der Waals surface area contributed by atoms with E-state index in [0.717, 1.165) is 10.2 Å². The number of halogens is 1. The van der Waals surface area contributed by atoms with E-state index in [2.05, 4.69) is 21.2 Å². The van der Waals surface area contributed by atoms with E-state index < -0.39 is 5.97 Å². The highest BCUT2D eigenvalue weighted by Crippen LogP contribution is 2.19. The van der Waals surface area contributed by atoms with Crippen molar-refractivity contribution in [3.8, 4) is 11.5 Å². The normalized spacial score (nSPS) is 10.1. The Morgan fingerprint density at radius 2 is 1.78 bits per heavy atom. The number of amides is 1. The van der Waals surface area contributed by atoms with Crippen LogP contribution in [0.4, 0.5) is 5.69 Å². The number of benzene rings is 2. The number of ether oxygens (including phenoxy) is 3. The van der Waals surface area contributed by atoms with E-state index in [0.29, 0.717) is 37.5 Å². The minimum atomic E-state index is -0.433. The molecule has 0 saturated heterocycles. The van der Waals surface area contributed by atoms with Crippen LogP contribution >= 0.6 is 15.9 Å². The van der Waals surface area contributed by atoms with E-state index in [1.54, 1.807) is 31.2 Å². The Labute approximate surface area is 166 Å². The molecule has 2 aromatic carbocycles. The van der Waals surface area contributed by atoms with Crippen molar-refractivity contribution in [2.45, 2.75) is 19.8 Å². The fourth-order valence-corrected chi connectivity index (χ4v) is 2.59. The van der Waals surface area contributed by atoms with Gasteiger partial charge < -0.3 is 19.5 Å². The van der Waals surface area contributed by atoms with E-state index in [4.69, 9.17) is 14.2 Å². The molecule has 6 nitrogen and oxygen atoms in total. The van der Waals surface area contributed by atoms with Gasteiger partial charge in [0.25, 0.3) is 0 Å². The molecule has 0 saturated carbocycles. The zero-order valence-corrected chi connectivity index (χ0v) is 16.7. The van der Waals surface area contributed by atoms with Crippen LogP contribution in [0, 0.1) is 0 Å². The summed E-state index contributed by atoms with van der Waals surface area (Å²) >= 11 is 3.38. The van der Waals surface area contributed by atoms with Crippen LogP contribution in [-0.4, -0.2) is 31.7 Å². The summed E-state index contributed by atoms with van der Waals surface area (Å²) in [5, 5.41) is 2.80. The number of rotatable bonds is 10. The lowest BCUT2D eigenvalue weighted by Gasteiger charge is -2.09. The first kappa shape index (κ1) is 20.8. The first-order valence-electron chi connectivity index (χ1n) is 8.63. The second-order valence-corrected chi connectivity index (χ2v) is 6.49. The highest BCUT2D eigenvalue weighted by Gasteiger charge is 2.06. The molecule has 0 fully saturated rings. The van der Waals surface area contributed by atoms with Gasteiger partial charge in [-0.2, -0.15) is 0 Å². The van der Waals surface area contributed by atoms with Crippen LogP contribution in [0.25, 0.3) is 0 Å². The third kappa shape index (κ3) is 8.13. The second kappa shape index (κ2) is 11.2. The molecule has 0 aliphatic carbocycles. The summed E-state index contributed by atoms with van der Waals surface area (Å²) in [7, 11) is 0. The van der Waals surface area contributed by atoms with Crippen molar-refractivity contribution in [1.29, 1.82) is 0 Å². The zero-order valence-electron chi connectivity index (χ0n) is 15.1. The minimum Gasteiger partial charge on any atom is -0.494 e. The molecule has 0 bridgehead atoms. The lowest BCUT2D eigenvalue weighted by molar-refractivity contribution is -0.145. The highest BCUT2D eigenvalue weighted by molar-refractivity contribution is 9.10. The van der Waals surface area contributed by atoms with Crippen molar-refractivity contribution in [3.05, 3.63) is 53.0 Å². The molecule has 144 valence electrons. The predicted molar refractivity (Wildman–Crippen MR) is 106 cm³/mol. The Balaban J connectivity index is 1.72. The molecule has 0 unspecified atom stereocenters. The monoisotopic (exact) mass is 435 g/mol. The van der Waals surface area contributed by atoms with Crippen LogP contribution in [-0.2, 0) is 14.3 Å². The quantitative estimate of drug-likeness (QED) is 0.447. The van der Waals surface area contributed by atoms with Crippen LogP contribution in [0.2, 0.25) is 0 Å². The van der Waals surface area contributed by atoms with Gasteiger partial charge in [-0.1, -0.05) is 28.1 Å². The zero-order chi connectivity index (χ0) is 19.5. The molecule has 0 aromatic heterocycles. The molecule has 2 rings (SSSR count). The molecule has 1 amide bonds. The largest absolute Gasteiger partial charge is 0.494 e. The number of esters is 1. The second-order valence-electron chi connectivity index (χ2n) is 5.58. The van der Waals surface area contributed by atoms with Crippen LogP contribution in [0.5, 0.6) is 11.5 Å². The molecule has 2 aromatic rings. The van der Waals surface area contributed by atoms with Crippen molar-refractivity contribution >= 4 is 33.5 Å². The summed E-state index contributed by atoms with van der Waals surface area (Å²) in [4.78, 5) is 23.4. The van der Waals surface area contributed by atoms with Crippen molar-refractivity contribution in [2.24, 2.45) is 0 Å². The van der Waals surface area contributed by atoms with Gasteiger partial charge in [-0.3, -0.25) is 4.79 Å². The first-order chi connectivity index (χ1) is 13.1. The van der Waals surface area contributed by atoms with Crippen LogP contribution in [0.3, 0.4) is 0 Å². The smallest absolute Gasteiger partial charge is 0.344 e. The summed E-state index contributed by atoms with van der Waals surface area (Å²) in [5.41, 5.74) is 0.606. The van der Waals surface area contributed by atoms with Gasteiger partial charge in [0.05, 0.1) is 13.2 Å². The standard InChI is InChI=1S/C20H22BrNO5/c1-2-25-20(24)14-27-18-9-4-7-16(13-18)22-19(23)10-5-11-26-17-8-3-6-15(21)12-17/h3-4,6-9,12-13H,2,5,10-11,14H2,1H3,(H,22,23). The summed E-state index contributed by atoms with van der Waals surface area (Å²) in [6.07, 6.45) is 0.930. The number of carbonyl (C=O) groups is 2. The molecular formula is C20H22BrNO5. The van der Waals surface area contributed by atoms with Crippen LogP contribution < -0.4 is 14.8 Å². The Morgan fingerprint density at radius 1 is 1.04 bits per heavy atom. The lowest BCUT2D eigenvalue weighted by atomic mass is 10.2. The average molecular weight is 436 g/mol. The fourth-order valence-electron chi connectivity index (χ4n) is 2.21. The number of carbonyl (C=O) groups excluding carboxylic acids is 2. The maximum Gasteiger partial charge on any atom is 0.344 e. The van der Waals surface area contributed by atoms with Crippen molar-refractivity contribution in [2.75, 3.05) is 25.1 Å². The average Bonchev–Trinajstić information content (AvgIpc) is 2.64. The molecule has 0 aliphatic rings. The van der Waals surface area contributed by atoms with Gasteiger partial charge in [0, 0.05) is 22.6 Å². The summed E-state index contributed by atoms with van der Waals surface area (Å²) in [5.74, 6) is 0.697. The molecule has 0 radical (unpaired) electrons. The molecule has 7 heteroatoms. The van der Waals surface area contributed by atoms with Crippen LogP contribution in [0.1, 0.15) is 19.8 Å². The van der Waals surface area contributed by atoms with Gasteiger partial charge in [-0.25, -0.2) is 4.79 Å². The van der Waals surface area contributed by atoms with E-state index in [1.807, 2.05) is 24.3 Å². The van der Waals surface area contributed by atoms with E-state index in [1.165, 1.54) is 0 Å². The van der Waals surface area contributed by atoms with Gasteiger partial charge in [0.15, 0.2) is 6.61 Å². The number of nitrogens with one attached hydrogen (secondary N) is 1. The maximum atomic E-state index is 12.1. The van der Waals surface area contributed by atoms with Gasteiger partial charge >= 0.3 is 5.97 Å². The first-order valence-corrected chi connectivity index (χ1v) is 9.43. The maximum absolute atomic E-state index is 12.1. The van der Waals surface area contributed by atoms with Gasteiger partial charge in [-0.05, 0) is 43.7 Å². The molecule has 0 spiro atoms. The van der Waals surface area contributed by atoms with Crippen molar-refractivity contribution in [3.63, 3.8) is 0 Å². The predicted octanol–water partition coefficient (Wildman–Crippen LogP) is 4.19. The Hall–Kier alpha value is -2.54. The molecular weight excluding hydrogens is 414 g/mol. The Bertz CT molecular complexity index is 766. The van der Waals surface area contributed by atoms with Crippen molar-refractivity contribution < 1.29 is 23.8 Å². The van der Waals surface area contributed by atoms with Gasteiger partial charge in [0.1, 0.15) is 11.5 Å². The van der Waals surface area contributed by atoms with E-state index in [9.17, 15) is 9.59 Å². The molecule has 0 atom stereocenters. The Morgan fingerprint density at radius 3 is 2.52 bits per heavy atom. The molecule has 27 heavy (non-hydrogen) atoms. The Kier molecular flexibility index (Phi) is 8.64. The lowest BCUT2D eigenvalue weighted by Crippen LogP contribution is -2.15. The SMILES string of the molecule is CCOC(=O)COc1cccc(NC(=O)CCCOc2cccc(Br)c2)c1. The van der Waals surface area contributed by atoms with Gasteiger partial charge in [-0.15, -0.1) is 0 Å². The molecule has 0 aliphatic heterocycles. The van der Waals surface area contributed by atoms with E-state index in [-0.39, 0.29) is 12.5 Å². The molecule has 1 N–H and O–H groups in total. The summed E-state index contributed by atoms with van der Waals surface area (Å²) in [6, 6.07) is 14.4. The topological polar surface area (TPSA) is 73.9 Å². The minimum absolute atomic E-state index is 0.115. The fraction of sp³-hybridized carbons (Fsp3) is 0.300. The third-order valence-electron chi connectivity index (χ3n) is 3.39. The number of hydrogen-bond acceptors (Lipinski definition) is 5. The number of hydrogen-bond donors (Lipinski definition) is 1.